The Bertz CT molecular complexity index is 569. The summed E-state index contributed by atoms with van der Waals surface area (Å²) in [7, 11) is -3.51. The molecule has 0 fully saturated rings. The first-order valence-electron chi connectivity index (χ1n) is 7.27. The van der Waals surface area contributed by atoms with Crippen molar-refractivity contribution in [3.63, 3.8) is 0 Å². The second-order valence-corrected chi connectivity index (χ2v) is 8.25. The summed E-state index contributed by atoms with van der Waals surface area (Å²) in [6.45, 7) is 10.1. The number of hydrogen-bond acceptors (Lipinski definition) is 3. The molecular weight excluding hydrogens is 286 g/mol. The van der Waals surface area contributed by atoms with Crippen LogP contribution in [0.5, 0.6) is 0 Å². The molecule has 21 heavy (non-hydrogen) atoms. The van der Waals surface area contributed by atoms with Crippen LogP contribution < -0.4 is 4.72 Å². The summed E-state index contributed by atoms with van der Waals surface area (Å²) in [5, 5.41) is 8.90. The number of sulfonamides is 1. The summed E-state index contributed by atoms with van der Waals surface area (Å²) in [4.78, 5) is 0.381. The lowest BCUT2D eigenvalue weighted by Gasteiger charge is -2.25. The monoisotopic (exact) mass is 313 g/mol. The number of benzene rings is 1. The number of aliphatic hydroxyl groups is 1. The van der Waals surface area contributed by atoms with Crippen molar-refractivity contribution in [2.24, 2.45) is 5.41 Å². The first-order chi connectivity index (χ1) is 9.59. The largest absolute Gasteiger partial charge is 0.396 e. The zero-order chi connectivity index (χ0) is 16.3. The van der Waals surface area contributed by atoms with Crippen LogP contribution in [0, 0.1) is 26.2 Å². The zero-order valence-corrected chi connectivity index (χ0v) is 14.5. The quantitative estimate of drug-likeness (QED) is 0.813. The van der Waals surface area contributed by atoms with Gasteiger partial charge in [0.25, 0.3) is 0 Å². The molecule has 120 valence electrons. The zero-order valence-electron chi connectivity index (χ0n) is 13.7. The van der Waals surface area contributed by atoms with Crippen molar-refractivity contribution >= 4 is 10.0 Å². The van der Waals surface area contributed by atoms with Gasteiger partial charge >= 0.3 is 0 Å². The van der Waals surface area contributed by atoms with E-state index in [9.17, 15) is 8.42 Å². The molecule has 0 aliphatic carbocycles. The van der Waals surface area contributed by atoms with Crippen molar-refractivity contribution in [2.75, 3.05) is 13.2 Å². The van der Waals surface area contributed by atoms with Crippen LogP contribution >= 0.6 is 0 Å². The molecule has 0 aliphatic heterocycles. The minimum Gasteiger partial charge on any atom is -0.396 e. The first-order valence-corrected chi connectivity index (χ1v) is 8.76. The van der Waals surface area contributed by atoms with Gasteiger partial charge in [0.2, 0.25) is 10.0 Å². The van der Waals surface area contributed by atoms with E-state index in [1.165, 1.54) is 0 Å². The van der Waals surface area contributed by atoms with E-state index in [-0.39, 0.29) is 12.0 Å². The number of rotatable bonds is 7. The normalized spacial score (nSPS) is 12.7. The second-order valence-electron chi connectivity index (χ2n) is 6.54. The van der Waals surface area contributed by atoms with E-state index in [4.69, 9.17) is 5.11 Å². The lowest BCUT2D eigenvalue weighted by Crippen LogP contribution is -2.34. The molecule has 0 radical (unpaired) electrons. The van der Waals surface area contributed by atoms with Crippen molar-refractivity contribution in [3.05, 3.63) is 28.8 Å². The molecule has 0 saturated heterocycles. The average molecular weight is 313 g/mol. The van der Waals surface area contributed by atoms with Crippen molar-refractivity contribution in [1.29, 1.82) is 0 Å². The van der Waals surface area contributed by atoms with Crippen molar-refractivity contribution in [3.8, 4) is 0 Å². The number of hydrogen-bond donors (Lipinski definition) is 2. The van der Waals surface area contributed by atoms with Gasteiger partial charge < -0.3 is 5.11 Å². The van der Waals surface area contributed by atoms with Gasteiger partial charge in [-0.05, 0) is 50.2 Å². The van der Waals surface area contributed by atoms with Gasteiger partial charge in [0.1, 0.15) is 0 Å². The molecule has 0 atom stereocenters. The summed E-state index contributed by atoms with van der Waals surface area (Å²) in [5.41, 5.74) is 2.43. The van der Waals surface area contributed by atoms with E-state index >= 15 is 0 Å². The Hall–Kier alpha value is -0.910. The lowest BCUT2D eigenvalue weighted by atomic mass is 9.88. The van der Waals surface area contributed by atoms with Crippen LogP contribution in [-0.4, -0.2) is 26.7 Å². The third kappa shape index (κ3) is 5.09. The molecule has 1 aromatic carbocycles. The van der Waals surface area contributed by atoms with E-state index < -0.39 is 10.0 Å². The molecule has 2 N–H and O–H groups in total. The smallest absolute Gasteiger partial charge is 0.241 e. The Balaban J connectivity index is 2.93. The van der Waals surface area contributed by atoms with E-state index in [0.29, 0.717) is 17.9 Å². The molecule has 5 heteroatoms. The van der Waals surface area contributed by atoms with Crippen molar-refractivity contribution in [2.45, 2.75) is 52.4 Å². The maximum Gasteiger partial charge on any atom is 0.241 e. The van der Waals surface area contributed by atoms with E-state index in [2.05, 4.69) is 4.72 Å². The minimum atomic E-state index is -3.51. The average Bonchev–Trinajstić information content (AvgIpc) is 2.33. The molecule has 1 rings (SSSR count). The fourth-order valence-corrected chi connectivity index (χ4v) is 4.29. The maximum absolute atomic E-state index is 12.5. The minimum absolute atomic E-state index is 0.131. The molecular formula is C16H27NO3S. The van der Waals surface area contributed by atoms with Crippen LogP contribution in [0.15, 0.2) is 17.0 Å². The highest BCUT2D eigenvalue weighted by Gasteiger charge is 2.24. The molecule has 0 heterocycles. The molecule has 0 aliphatic rings. The van der Waals surface area contributed by atoms with Gasteiger partial charge in [-0.3, -0.25) is 0 Å². The van der Waals surface area contributed by atoms with E-state index in [0.717, 1.165) is 23.1 Å². The lowest BCUT2D eigenvalue weighted by molar-refractivity contribution is 0.242. The van der Waals surface area contributed by atoms with Gasteiger partial charge in [0.05, 0.1) is 4.90 Å². The van der Waals surface area contributed by atoms with Crippen LogP contribution in [0.25, 0.3) is 0 Å². The molecule has 0 spiro atoms. The van der Waals surface area contributed by atoms with Gasteiger partial charge in [-0.2, -0.15) is 0 Å². The number of nitrogens with one attached hydrogen (secondary N) is 1. The number of aliphatic hydroxyl groups excluding tert-OH is 1. The molecule has 1 aromatic rings. The van der Waals surface area contributed by atoms with Crippen LogP contribution in [-0.2, 0) is 10.0 Å². The Morgan fingerprint density at radius 1 is 1.14 bits per heavy atom. The summed E-state index contributed by atoms with van der Waals surface area (Å²) in [6.07, 6.45) is 1.45. The Morgan fingerprint density at radius 2 is 1.67 bits per heavy atom. The maximum atomic E-state index is 12.5. The Kier molecular flexibility index (Phi) is 5.96. The Labute approximate surface area is 128 Å². The first kappa shape index (κ1) is 18.1. The highest BCUT2D eigenvalue weighted by molar-refractivity contribution is 7.89. The predicted molar refractivity (Wildman–Crippen MR) is 85.9 cm³/mol. The molecule has 4 nitrogen and oxygen atoms in total. The highest BCUT2D eigenvalue weighted by atomic mass is 32.2. The summed E-state index contributed by atoms with van der Waals surface area (Å²) < 4.78 is 27.8. The summed E-state index contributed by atoms with van der Waals surface area (Å²) in [6, 6.07) is 3.77. The summed E-state index contributed by atoms with van der Waals surface area (Å²) in [5.74, 6) is 0. The van der Waals surface area contributed by atoms with Crippen LogP contribution in [0.1, 0.15) is 43.4 Å². The third-order valence-electron chi connectivity index (χ3n) is 3.63. The molecule has 0 unspecified atom stereocenters. The predicted octanol–water partition coefficient (Wildman–Crippen LogP) is 2.69. The number of aryl methyl sites for hydroxylation is 3. The Morgan fingerprint density at radius 3 is 2.14 bits per heavy atom. The molecule has 0 bridgehead atoms. The fourth-order valence-electron chi connectivity index (χ4n) is 2.60. The van der Waals surface area contributed by atoms with Gasteiger partial charge in [0, 0.05) is 13.2 Å². The molecule has 0 amide bonds. The van der Waals surface area contributed by atoms with Crippen LogP contribution in [0.2, 0.25) is 0 Å². The van der Waals surface area contributed by atoms with Crippen molar-refractivity contribution in [1.82, 2.24) is 4.72 Å². The highest BCUT2D eigenvalue weighted by Crippen LogP contribution is 2.24. The third-order valence-corrected chi connectivity index (χ3v) is 5.33. The van der Waals surface area contributed by atoms with Crippen molar-refractivity contribution < 1.29 is 13.5 Å². The van der Waals surface area contributed by atoms with Gasteiger partial charge in [-0.1, -0.05) is 31.5 Å². The van der Waals surface area contributed by atoms with Crippen LogP contribution in [0.4, 0.5) is 0 Å². The molecule has 0 aromatic heterocycles. The summed E-state index contributed by atoms with van der Waals surface area (Å²) >= 11 is 0. The fraction of sp³-hybridized carbons (Fsp3) is 0.625. The second kappa shape index (κ2) is 6.90. The van der Waals surface area contributed by atoms with E-state index in [1.54, 1.807) is 0 Å². The topological polar surface area (TPSA) is 66.4 Å². The van der Waals surface area contributed by atoms with Gasteiger partial charge in [-0.15, -0.1) is 0 Å². The standard InChI is InChI=1S/C16H27NO3S/c1-12-9-13(2)15(14(3)10-12)21(19,20)17-11-16(4,5)7-6-8-18/h9-10,17-18H,6-8,11H2,1-5H3. The van der Waals surface area contributed by atoms with Gasteiger partial charge in [0.15, 0.2) is 0 Å². The van der Waals surface area contributed by atoms with E-state index in [1.807, 2.05) is 46.8 Å². The SMILES string of the molecule is Cc1cc(C)c(S(=O)(=O)NCC(C)(C)CCCO)c(C)c1. The van der Waals surface area contributed by atoms with Gasteiger partial charge in [-0.25, -0.2) is 13.1 Å². The van der Waals surface area contributed by atoms with Crippen LogP contribution in [0.3, 0.4) is 0 Å². The molecule has 0 saturated carbocycles.